The van der Waals surface area contributed by atoms with E-state index in [0.29, 0.717) is 6.54 Å². The summed E-state index contributed by atoms with van der Waals surface area (Å²) in [6, 6.07) is 6.63. The Labute approximate surface area is 148 Å². The van der Waals surface area contributed by atoms with Gasteiger partial charge in [-0.15, -0.1) is 0 Å². The number of anilines is 1. The lowest BCUT2D eigenvalue weighted by atomic mass is 9.97. The molecule has 24 heavy (non-hydrogen) atoms. The van der Waals surface area contributed by atoms with Gasteiger partial charge in [0.1, 0.15) is 5.82 Å². The summed E-state index contributed by atoms with van der Waals surface area (Å²) in [5, 5.41) is 0. The van der Waals surface area contributed by atoms with Gasteiger partial charge in [0, 0.05) is 36.8 Å². The SMILES string of the molecule is O=C(C1CN(Cc2cccc(F)c2)C1)N1CCc2c(Br)cncc21. The van der Waals surface area contributed by atoms with E-state index in [4.69, 9.17) is 0 Å². The lowest BCUT2D eigenvalue weighted by Crippen LogP contribution is -2.53. The summed E-state index contributed by atoms with van der Waals surface area (Å²) >= 11 is 3.51. The average Bonchev–Trinajstić information content (AvgIpc) is 2.95. The average molecular weight is 390 g/mol. The van der Waals surface area contributed by atoms with E-state index in [1.54, 1.807) is 24.5 Å². The molecule has 1 saturated heterocycles. The van der Waals surface area contributed by atoms with Gasteiger partial charge in [0.2, 0.25) is 5.91 Å². The molecule has 0 saturated carbocycles. The van der Waals surface area contributed by atoms with Crippen LogP contribution in [0.2, 0.25) is 0 Å². The van der Waals surface area contributed by atoms with Crippen molar-refractivity contribution in [1.82, 2.24) is 9.88 Å². The summed E-state index contributed by atoms with van der Waals surface area (Å²) in [6.45, 7) is 2.86. The zero-order chi connectivity index (χ0) is 16.7. The highest BCUT2D eigenvalue weighted by atomic mass is 79.9. The molecule has 0 bridgehead atoms. The van der Waals surface area contributed by atoms with Crippen molar-refractivity contribution in [3.05, 3.63) is 58.1 Å². The molecule has 0 radical (unpaired) electrons. The number of carbonyl (C=O) groups excluding carboxylic acids is 1. The number of halogens is 2. The minimum atomic E-state index is -0.215. The van der Waals surface area contributed by atoms with E-state index in [0.717, 1.165) is 47.3 Å². The molecule has 0 aliphatic carbocycles. The van der Waals surface area contributed by atoms with Crippen LogP contribution in [0, 0.1) is 11.7 Å². The number of nitrogens with zero attached hydrogens (tertiary/aromatic N) is 3. The first kappa shape index (κ1) is 15.7. The van der Waals surface area contributed by atoms with E-state index in [1.165, 1.54) is 6.07 Å². The van der Waals surface area contributed by atoms with Crippen LogP contribution in [-0.2, 0) is 17.8 Å². The normalized spacial score (nSPS) is 17.7. The maximum atomic E-state index is 13.2. The van der Waals surface area contributed by atoms with Gasteiger partial charge >= 0.3 is 0 Å². The van der Waals surface area contributed by atoms with Crippen LogP contribution in [0.15, 0.2) is 41.1 Å². The fraction of sp³-hybridized carbons (Fsp3) is 0.333. The first-order valence-corrected chi connectivity index (χ1v) is 8.81. The Morgan fingerprint density at radius 1 is 1.33 bits per heavy atom. The van der Waals surface area contributed by atoms with Gasteiger partial charge in [-0.1, -0.05) is 12.1 Å². The molecule has 4 rings (SSSR count). The molecule has 0 N–H and O–H groups in total. The topological polar surface area (TPSA) is 36.4 Å². The second-order valence-electron chi connectivity index (χ2n) is 6.38. The van der Waals surface area contributed by atoms with Crippen molar-refractivity contribution in [2.75, 3.05) is 24.5 Å². The van der Waals surface area contributed by atoms with Gasteiger partial charge in [-0.05, 0) is 45.6 Å². The molecule has 0 atom stereocenters. The molecule has 0 unspecified atom stereocenters. The van der Waals surface area contributed by atoms with E-state index in [9.17, 15) is 9.18 Å². The molecule has 6 heteroatoms. The molecule has 4 nitrogen and oxygen atoms in total. The number of benzene rings is 1. The molecule has 1 amide bonds. The third kappa shape index (κ3) is 2.84. The highest BCUT2D eigenvalue weighted by Crippen LogP contribution is 2.34. The Morgan fingerprint density at radius 2 is 2.17 bits per heavy atom. The number of rotatable bonds is 3. The smallest absolute Gasteiger partial charge is 0.232 e. The van der Waals surface area contributed by atoms with Gasteiger partial charge in [0.05, 0.1) is 17.8 Å². The van der Waals surface area contributed by atoms with Gasteiger partial charge in [0.25, 0.3) is 0 Å². The number of amides is 1. The summed E-state index contributed by atoms with van der Waals surface area (Å²) in [5.41, 5.74) is 3.03. The zero-order valence-electron chi connectivity index (χ0n) is 13.1. The van der Waals surface area contributed by atoms with Crippen molar-refractivity contribution in [3.8, 4) is 0 Å². The highest BCUT2D eigenvalue weighted by molar-refractivity contribution is 9.10. The second kappa shape index (κ2) is 6.26. The van der Waals surface area contributed by atoms with E-state index in [2.05, 4.69) is 25.8 Å². The quantitative estimate of drug-likeness (QED) is 0.809. The van der Waals surface area contributed by atoms with Crippen LogP contribution in [0.25, 0.3) is 0 Å². The minimum Gasteiger partial charge on any atom is -0.310 e. The largest absolute Gasteiger partial charge is 0.310 e. The second-order valence-corrected chi connectivity index (χ2v) is 7.23. The van der Waals surface area contributed by atoms with Crippen LogP contribution >= 0.6 is 15.9 Å². The van der Waals surface area contributed by atoms with Gasteiger partial charge in [-0.25, -0.2) is 4.39 Å². The van der Waals surface area contributed by atoms with Gasteiger partial charge in [-0.2, -0.15) is 0 Å². The lowest BCUT2D eigenvalue weighted by molar-refractivity contribution is -0.127. The fourth-order valence-electron chi connectivity index (χ4n) is 3.47. The number of fused-ring (bicyclic) bond motifs is 1. The van der Waals surface area contributed by atoms with Crippen molar-refractivity contribution >= 4 is 27.5 Å². The minimum absolute atomic E-state index is 0.0171. The summed E-state index contributed by atoms with van der Waals surface area (Å²) < 4.78 is 14.2. The first-order chi connectivity index (χ1) is 11.6. The van der Waals surface area contributed by atoms with Crippen LogP contribution < -0.4 is 4.90 Å². The van der Waals surface area contributed by atoms with E-state index >= 15 is 0 Å². The van der Waals surface area contributed by atoms with E-state index < -0.39 is 0 Å². The Kier molecular flexibility index (Phi) is 4.10. The number of hydrogen-bond acceptors (Lipinski definition) is 3. The maximum absolute atomic E-state index is 13.2. The van der Waals surface area contributed by atoms with Crippen LogP contribution in [0.4, 0.5) is 10.1 Å². The zero-order valence-corrected chi connectivity index (χ0v) is 14.7. The predicted molar refractivity (Wildman–Crippen MR) is 93.2 cm³/mol. The van der Waals surface area contributed by atoms with Crippen LogP contribution in [-0.4, -0.2) is 35.4 Å². The molecule has 0 spiro atoms. The molecule has 2 aromatic rings. The number of aromatic nitrogens is 1. The number of likely N-dealkylation sites (tertiary alicyclic amines) is 1. The van der Waals surface area contributed by atoms with Crippen LogP contribution in [0.1, 0.15) is 11.1 Å². The fourth-order valence-corrected chi connectivity index (χ4v) is 3.99. The number of carbonyl (C=O) groups is 1. The van der Waals surface area contributed by atoms with Crippen molar-refractivity contribution < 1.29 is 9.18 Å². The van der Waals surface area contributed by atoms with Gasteiger partial charge in [-0.3, -0.25) is 14.7 Å². The highest BCUT2D eigenvalue weighted by Gasteiger charge is 2.38. The molecule has 1 aromatic carbocycles. The molecular weight excluding hydrogens is 373 g/mol. The Hall–Kier alpha value is -1.79. The lowest BCUT2D eigenvalue weighted by Gasteiger charge is -2.40. The Balaban J connectivity index is 1.38. The third-order valence-corrected chi connectivity index (χ3v) is 5.41. The maximum Gasteiger partial charge on any atom is 0.232 e. The third-order valence-electron chi connectivity index (χ3n) is 4.73. The van der Waals surface area contributed by atoms with Crippen molar-refractivity contribution in [2.24, 2.45) is 5.92 Å². The van der Waals surface area contributed by atoms with Crippen molar-refractivity contribution in [3.63, 3.8) is 0 Å². The number of hydrogen-bond donors (Lipinski definition) is 0. The molecule has 124 valence electrons. The first-order valence-electron chi connectivity index (χ1n) is 8.02. The van der Waals surface area contributed by atoms with Gasteiger partial charge in [0.15, 0.2) is 0 Å². The summed E-state index contributed by atoms with van der Waals surface area (Å²) in [5.74, 6) is -0.0277. The molecule has 2 aliphatic heterocycles. The summed E-state index contributed by atoms with van der Waals surface area (Å²) in [6.07, 6.45) is 4.41. The molecular formula is C18H17BrFN3O. The molecule has 1 aromatic heterocycles. The van der Waals surface area contributed by atoms with Gasteiger partial charge < -0.3 is 4.90 Å². The van der Waals surface area contributed by atoms with E-state index in [1.807, 2.05) is 11.0 Å². The summed E-state index contributed by atoms with van der Waals surface area (Å²) in [7, 11) is 0. The standard InChI is InChI=1S/C18H17BrFN3O/c19-16-7-21-8-17-15(16)4-5-23(17)18(24)13-10-22(11-13)9-12-2-1-3-14(20)6-12/h1-3,6-8,13H,4-5,9-11H2. The predicted octanol–water partition coefficient (Wildman–Crippen LogP) is 3.00. The van der Waals surface area contributed by atoms with Crippen LogP contribution in [0.5, 0.6) is 0 Å². The molecule has 3 heterocycles. The van der Waals surface area contributed by atoms with Crippen molar-refractivity contribution in [2.45, 2.75) is 13.0 Å². The molecule has 2 aliphatic rings. The monoisotopic (exact) mass is 389 g/mol. The van der Waals surface area contributed by atoms with E-state index in [-0.39, 0.29) is 17.6 Å². The van der Waals surface area contributed by atoms with Crippen molar-refractivity contribution in [1.29, 1.82) is 0 Å². The van der Waals surface area contributed by atoms with Crippen LogP contribution in [0.3, 0.4) is 0 Å². The summed E-state index contributed by atoms with van der Waals surface area (Å²) in [4.78, 5) is 21.0. The Morgan fingerprint density at radius 3 is 2.96 bits per heavy atom. The molecule has 1 fully saturated rings. The Bertz CT molecular complexity index is 792. The number of pyridine rings is 1.